The number of nitrogens with one attached hydrogen (secondary N) is 2. The van der Waals surface area contributed by atoms with Crippen LogP contribution < -0.4 is 10.6 Å². The Labute approximate surface area is 182 Å². The van der Waals surface area contributed by atoms with Crippen LogP contribution in [0.4, 0.5) is 0 Å². The van der Waals surface area contributed by atoms with E-state index in [1.54, 1.807) is 6.92 Å². The first-order valence-corrected chi connectivity index (χ1v) is 11.1. The monoisotopic (exact) mass is 432 g/mol. The smallest absolute Gasteiger partial charge is 0.324 e. The Hall–Kier alpha value is -2.45. The normalized spacial score (nSPS) is 27.5. The third-order valence-corrected chi connectivity index (χ3v) is 6.47. The van der Waals surface area contributed by atoms with E-state index in [2.05, 4.69) is 10.6 Å². The second kappa shape index (κ2) is 10.7. The van der Waals surface area contributed by atoms with E-state index in [-0.39, 0.29) is 11.8 Å². The van der Waals surface area contributed by atoms with Crippen molar-refractivity contribution in [3.05, 3.63) is 35.9 Å². The van der Waals surface area contributed by atoms with Gasteiger partial charge in [-0.25, -0.2) is 0 Å². The number of benzene rings is 1. The van der Waals surface area contributed by atoms with Gasteiger partial charge < -0.3 is 14.9 Å². The molecular formula is C23H32N2O6. The van der Waals surface area contributed by atoms with Crippen LogP contribution >= 0.6 is 0 Å². The number of carbonyl (C=O) groups is 3. The lowest BCUT2D eigenvalue weighted by molar-refractivity contribution is -0.167. The molecule has 0 amide bonds. The molecule has 0 aromatic heterocycles. The lowest BCUT2D eigenvalue weighted by Crippen LogP contribution is -2.58. The average Bonchev–Trinajstić information content (AvgIpc) is 2.76. The minimum atomic E-state index is -1.02. The van der Waals surface area contributed by atoms with Crippen LogP contribution in [0.2, 0.25) is 0 Å². The van der Waals surface area contributed by atoms with Crippen LogP contribution in [0.15, 0.2) is 30.3 Å². The molecule has 1 aliphatic heterocycles. The molecular weight excluding hydrogens is 400 g/mol. The number of rotatable bonds is 9. The van der Waals surface area contributed by atoms with Crippen LogP contribution in [0.1, 0.15) is 51.0 Å². The Balaban J connectivity index is 1.58. The highest BCUT2D eigenvalue weighted by Crippen LogP contribution is 2.39. The number of fused-ring (bicyclic) bond motifs is 1. The van der Waals surface area contributed by atoms with Crippen molar-refractivity contribution in [3.8, 4) is 0 Å². The van der Waals surface area contributed by atoms with E-state index < -0.39 is 42.3 Å². The molecule has 2 fully saturated rings. The maximum Gasteiger partial charge on any atom is 0.324 e. The number of esters is 1. The van der Waals surface area contributed by atoms with Gasteiger partial charge in [0.05, 0.1) is 0 Å². The quantitative estimate of drug-likeness (QED) is 0.438. The van der Waals surface area contributed by atoms with Crippen LogP contribution in [0.3, 0.4) is 0 Å². The molecule has 1 aromatic rings. The van der Waals surface area contributed by atoms with Gasteiger partial charge in [-0.05, 0) is 50.5 Å². The summed E-state index contributed by atoms with van der Waals surface area (Å²) in [6.45, 7) is 1.58. The number of aryl methyl sites for hydroxylation is 1. The SMILES string of the molecule is C[C@H](NC(CCc1ccccc1)C(=O)O)C(=O)OC1NC(C(=O)O)CC2CCCCC21. The molecule has 1 aliphatic carbocycles. The summed E-state index contributed by atoms with van der Waals surface area (Å²) in [5, 5.41) is 24.8. The topological polar surface area (TPSA) is 125 Å². The lowest BCUT2D eigenvalue weighted by Gasteiger charge is -2.43. The average molecular weight is 433 g/mol. The first kappa shape index (κ1) is 23.2. The first-order chi connectivity index (χ1) is 14.8. The lowest BCUT2D eigenvalue weighted by atomic mass is 9.72. The van der Waals surface area contributed by atoms with Crippen LogP contribution in [0.5, 0.6) is 0 Å². The summed E-state index contributed by atoms with van der Waals surface area (Å²) in [7, 11) is 0. The number of hydrogen-bond donors (Lipinski definition) is 4. The molecule has 0 radical (unpaired) electrons. The zero-order valence-corrected chi connectivity index (χ0v) is 17.8. The fourth-order valence-corrected chi connectivity index (χ4v) is 4.74. The van der Waals surface area contributed by atoms with E-state index in [4.69, 9.17) is 4.74 Å². The summed E-state index contributed by atoms with van der Waals surface area (Å²) >= 11 is 0. The van der Waals surface area contributed by atoms with Crippen molar-refractivity contribution in [2.24, 2.45) is 11.8 Å². The van der Waals surface area contributed by atoms with E-state index in [0.29, 0.717) is 19.3 Å². The molecule has 1 saturated carbocycles. The minimum absolute atomic E-state index is 0.0915. The molecule has 0 spiro atoms. The van der Waals surface area contributed by atoms with E-state index >= 15 is 0 Å². The number of carboxylic acid groups (broad SMARTS) is 2. The van der Waals surface area contributed by atoms with Crippen molar-refractivity contribution in [3.63, 3.8) is 0 Å². The number of aliphatic carboxylic acids is 2. The molecule has 1 aromatic carbocycles. The van der Waals surface area contributed by atoms with Gasteiger partial charge in [0, 0.05) is 5.92 Å². The molecule has 6 atom stereocenters. The predicted octanol–water partition coefficient (Wildman–Crippen LogP) is 2.17. The van der Waals surface area contributed by atoms with Crippen molar-refractivity contribution in [1.82, 2.24) is 10.6 Å². The summed E-state index contributed by atoms with van der Waals surface area (Å²) in [5.41, 5.74) is 1.03. The molecule has 5 unspecified atom stereocenters. The Kier molecular flexibility index (Phi) is 8.03. The molecule has 2 aliphatic rings. The van der Waals surface area contributed by atoms with Gasteiger partial charge in [-0.15, -0.1) is 0 Å². The van der Waals surface area contributed by atoms with Crippen LogP contribution in [-0.2, 0) is 25.5 Å². The van der Waals surface area contributed by atoms with Crippen molar-refractivity contribution in [1.29, 1.82) is 0 Å². The summed E-state index contributed by atoms with van der Waals surface area (Å²) in [5.74, 6) is -2.23. The molecule has 170 valence electrons. The second-order valence-corrected chi connectivity index (χ2v) is 8.66. The maximum atomic E-state index is 12.7. The van der Waals surface area contributed by atoms with Crippen molar-refractivity contribution < 1.29 is 29.3 Å². The Morgan fingerprint density at radius 3 is 2.55 bits per heavy atom. The van der Waals surface area contributed by atoms with Gasteiger partial charge in [-0.2, -0.15) is 0 Å². The molecule has 8 heteroatoms. The Bertz CT molecular complexity index is 771. The third-order valence-electron chi connectivity index (χ3n) is 6.47. The molecule has 31 heavy (non-hydrogen) atoms. The minimum Gasteiger partial charge on any atom is -0.480 e. The molecule has 1 saturated heterocycles. The Morgan fingerprint density at radius 1 is 1.16 bits per heavy atom. The summed E-state index contributed by atoms with van der Waals surface area (Å²) in [6, 6.07) is 7.12. The van der Waals surface area contributed by atoms with E-state index in [1.165, 1.54) is 0 Å². The van der Waals surface area contributed by atoms with E-state index in [1.807, 2.05) is 30.3 Å². The highest BCUT2D eigenvalue weighted by Gasteiger charge is 2.43. The standard InChI is InChI=1S/C23H32N2O6/c1-14(24-18(21(26)27)12-11-15-7-3-2-4-8-15)23(30)31-20-17-10-6-5-9-16(17)13-19(25-20)22(28)29/h2-4,7-8,14,16-20,24-25H,5-6,9-13H2,1H3,(H,26,27)(H,28,29)/t14-,16?,17?,18?,19?,20?/m0/s1. The van der Waals surface area contributed by atoms with Gasteiger partial charge >= 0.3 is 17.9 Å². The maximum absolute atomic E-state index is 12.7. The zero-order valence-electron chi connectivity index (χ0n) is 17.8. The molecule has 3 rings (SSSR count). The van der Waals surface area contributed by atoms with Gasteiger partial charge in [0.1, 0.15) is 18.1 Å². The summed E-state index contributed by atoms with van der Waals surface area (Å²) < 4.78 is 5.68. The zero-order chi connectivity index (χ0) is 22.4. The number of hydrogen-bond acceptors (Lipinski definition) is 6. The van der Waals surface area contributed by atoms with Crippen LogP contribution in [-0.4, -0.2) is 52.5 Å². The Morgan fingerprint density at radius 2 is 1.87 bits per heavy atom. The van der Waals surface area contributed by atoms with Gasteiger partial charge in [-0.1, -0.05) is 43.2 Å². The highest BCUT2D eigenvalue weighted by molar-refractivity contribution is 5.78. The first-order valence-electron chi connectivity index (χ1n) is 11.1. The van der Waals surface area contributed by atoms with Gasteiger partial charge in [0.25, 0.3) is 0 Å². The summed E-state index contributed by atoms with van der Waals surface area (Å²) in [4.78, 5) is 35.9. The summed E-state index contributed by atoms with van der Waals surface area (Å²) in [6.07, 6.45) is 4.71. The van der Waals surface area contributed by atoms with Gasteiger partial charge in [-0.3, -0.25) is 25.0 Å². The third kappa shape index (κ3) is 6.27. The van der Waals surface area contributed by atoms with Crippen molar-refractivity contribution >= 4 is 17.9 Å². The number of ether oxygens (including phenoxy) is 1. The number of carboxylic acids is 2. The molecule has 8 nitrogen and oxygen atoms in total. The largest absolute Gasteiger partial charge is 0.480 e. The van der Waals surface area contributed by atoms with Crippen LogP contribution in [0, 0.1) is 11.8 Å². The number of carbonyl (C=O) groups excluding carboxylic acids is 1. The molecule has 4 N–H and O–H groups in total. The van der Waals surface area contributed by atoms with Crippen molar-refractivity contribution in [2.45, 2.75) is 76.2 Å². The predicted molar refractivity (Wildman–Crippen MR) is 113 cm³/mol. The van der Waals surface area contributed by atoms with E-state index in [0.717, 1.165) is 31.2 Å². The number of piperidine rings is 1. The van der Waals surface area contributed by atoms with Crippen molar-refractivity contribution in [2.75, 3.05) is 0 Å². The molecule has 0 bridgehead atoms. The second-order valence-electron chi connectivity index (χ2n) is 8.66. The van der Waals surface area contributed by atoms with Gasteiger partial charge in [0.15, 0.2) is 6.23 Å². The molecule has 1 heterocycles. The fourth-order valence-electron chi connectivity index (χ4n) is 4.74. The van der Waals surface area contributed by atoms with Crippen LogP contribution in [0.25, 0.3) is 0 Å². The highest BCUT2D eigenvalue weighted by atomic mass is 16.6. The van der Waals surface area contributed by atoms with E-state index in [9.17, 15) is 24.6 Å². The van der Waals surface area contributed by atoms with Gasteiger partial charge in [0.2, 0.25) is 0 Å². The fraction of sp³-hybridized carbons (Fsp3) is 0.609.